The first-order chi connectivity index (χ1) is 22.1. The molecule has 1 saturated heterocycles. The predicted octanol–water partition coefficient (Wildman–Crippen LogP) is 4.72. The number of hydrogen-bond donors (Lipinski definition) is 2. The number of halogens is 2. The van der Waals surface area contributed by atoms with Gasteiger partial charge < -0.3 is 20.3 Å². The zero-order valence-corrected chi connectivity index (χ0v) is 25.0. The molecule has 0 unspecified atom stereocenters. The van der Waals surface area contributed by atoms with Crippen LogP contribution in [0, 0.1) is 17.6 Å². The summed E-state index contributed by atoms with van der Waals surface area (Å²) in [5, 5.41) is 5.28. The minimum absolute atomic E-state index is 0.0448. The van der Waals surface area contributed by atoms with Gasteiger partial charge >= 0.3 is 5.69 Å². The maximum atomic E-state index is 15.1. The second-order valence-corrected chi connectivity index (χ2v) is 11.7. The lowest BCUT2D eigenvalue weighted by atomic mass is 9.93. The molecule has 6 rings (SSSR count). The summed E-state index contributed by atoms with van der Waals surface area (Å²) in [7, 11) is 2.06. The highest BCUT2D eigenvalue weighted by Gasteiger charge is 2.29. The summed E-state index contributed by atoms with van der Waals surface area (Å²) in [5.74, 6) is -1.66. The van der Waals surface area contributed by atoms with Crippen molar-refractivity contribution in [2.75, 3.05) is 30.8 Å². The first-order valence-electron chi connectivity index (χ1n) is 15.0. The number of nitrogens with one attached hydrogen (secondary N) is 2. The lowest BCUT2D eigenvalue weighted by Gasteiger charge is -2.28. The van der Waals surface area contributed by atoms with Gasteiger partial charge in [0, 0.05) is 42.7 Å². The second-order valence-electron chi connectivity index (χ2n) is 11.7. The molecule has 238 valence electrons. The molecule has 46 heavy (non-hydrogen) atoms. The van der Waals surface area contributed by atoms with Crippen molar-refractivity contribution in [2.24, 2.45) is 5.92 Å². The Balaban J connectivity index is 1.15. The van der Waals surface area contributed by atoms with Gasteiger partial charge in [0.05, 0.1) is 5.69 Å². The van der Waals surface area contributed by atoms with Gasteiger partial charge in [0.1, 0.15) is 22.9 Å². The van der Waals surface area contributed by atoms with Crippen LogP contribution >= 0.6 is 0 Å². The molecule has 2 fully saturated rings. The average Bonchev–Trinajstić information content (AvgIpc) is 3.86. The standard InChI is InChI=1S/C33H32F2N6O5/c1-39-14-11-20(12-15-39)16-30(42)38-29-18-25(10-13-36-29)46-28-9-4-22(17-27(28)35)37-31(43)26-19-40(23-7-8-23)33(45)41(32(26)44)24-5-2-21(34)3-6-24/h2-6,9-10,13,17-20,23H,7-8,11-12,14-16H2,1H3,(H,37,43)(H,36,38,42). The van der Waals surface area contributed by atoms with Crippen LogP contribution < -0.4 is 26.6 Å². The molecule has 0 spiro atoms. The van der Waals surface area contributed by atoms with E-state index in [0.29, 0.717) is 25.2 Å². The third-order valence-corrected chi connectivity index (χ3v) is 8.11. The molecule has 2 aliphatic rings. The van der Waals surface area contributed by atoms with Crippen LogP contribution in [-0.2, 0) is 4.79 Å². The highest BCUT2D eigenvalue weighted by Crippen LogP contribution is 2.33. The van der Waals surface area contributed by atoms with Crippen molar-refractivity contribution in [2.45, 2.75) is 38.1 Å². The summed E-state index contributed by atoms with van der Waals surface area (Å²) < 4.78 is 36.4. The van der Waals surface area contributed by atoms with Gasteiger partial charge in [-0.3, -0.25) is 19.0 Å². The third kappa shape index (κ3) is 7.04. The molecular weight excluding hydrogens is 598 g/mol. The molecule has 1 aliphatic carbocycles. The number of carbonyl (C=O) groups is 2. The van der Waals surface area contributed by atoms with Crippen LogP contribution in [0.15, 0.2) is 76.6 Å². The summed E-state index contributed by atoms with van der Waals surface area (Å²) in [6, 6.07) is 11.4. The van der Waals surface area contributed by atoms with E-state index in [2.05, 4.69) is 27.6 Å². The lowest BCUT2D eigenvalue weighted by Crippen LogP contribution is -2.42. The van der Waals surface area contributed by atoms with Crippen LogP contribution in [0.5, 0.6) is 11.5 Å². The minimum Gasteiger partial charge on any atom is -0.454 e. The number of pyridine rings is 1. The lowest BCUT2D eigenvalue weighted by molar-refractivity contribution is -0.117. The number of hydrogen-bond acceptors (Lipinski definition) is 7. The van der Waals surface area contributed by atoms with Crippen molar-refractivity contribution < 1.29 is 23.1 Å². The molecule has 1 saturated carbocycles. The van der Waals surface area contributed by atoms with Crippen molar-refractivity contribution >= 4 is 23.3 Å². The Morgan fingerprint density at radius 1 is 0.957 bits per heavy atom. The molecule has 11 nitrogen and oxygen atoms in total. The van der Waals surface area contributed by atoms with Crippen LogP contribution in [0.2, 0.25) is 0 Å². The first-order valence-corrected chi connectivity index (χ1v) is 15.0. The summed E-state index contributed by atoms with van der Waals surface area (Å²) >= 11 is 0. The molecule has 3 heterocycles. The molecule has 0 atom stereocenters. The van der Waals surface area contributed by atoms with Crippen molar-refractivity contribution in [3.05, 3.63) is 105 Å². The summed E-state index contributed by atoms with van der Waals surface area (Å²) in [6.45, 7) is 1.92. The van der Waals surface area contributed by atoms with Crippen molar-refractivity contribution in [3.63, 3.8) is 0 Å². The second kappa shape index (κ2) is 13.1. The Morgan fingerprint density at radius 2 is 1.70 bits per heavy atom. The minimum atomic E-state index is -0.890. The molecule has 4 aromatic rings. The smallest absolute Gasteiger partial charge is 0.335 e. The largest absolute Gasteiger partial charge is 0.454 e. The number of aromatic nitrogens is 3. The number of likely N-dealkylation sites (tertiary alicyclic amines) is 1. The van der Waals surface area contributed by atoms with Gasteiger partial charge in [-0.1, -0.05) is 0 Å². The van der Waals surface area contributed by atoms with E-state index in [-0.39, 0.29) is 46.2 Å². The van der Waals surface area contributed by atoms with E-state index in [4.69, 9.17) is 4.74 Å². The number of rotatable bonds is 9. The van der Waals surface area contributed by atoms with Crippen LogP contribution in [0.1, 0.15) is 48.5 Å². The Morgan fingerprint density at radius 3 is 2.39 bits per heavy atom. The third-order valence-electron chi connectivity index (χ3n) is 8.11. The predicted molar refractivity (Wildman–Crippen MR) is 167 cm³/mol. The van der Waals surface area contributed by atoms with Crippen molar-refractivity contribution in [1.29, 1.82) is 0 Å². The van der Waals surface area contributed by atoms with E-state index < -0.39 is 28.8 Å². The highest BCUT2D eigenvalue weighted by atomic mass is 19.1. The van der Waals surface area contributed by atoms with Crippen LogP contribution in [0.25, 0.3) is 5.69 Å². The number of amides is 2. The van der Waals surface area contributed by atoms with Crippen LogP contribution in [-0.4, -0.2) is 51.0 Å². The summed E-state index contributed by atoms with van der Waals surface area (Å²) in [6.07, 6.45) is 6.36. The average molecular weight is 631 g/mol. The van der Waals surface area contributed by atoms with Crippen LogP contribution in [0.4, 0.5) is 20.3 Å². The van der Waals surface area contributed by atoms with Gasteiger partial charge in [-0.05, 0) is 94.2 Å². The monoisotopic (exact) mass is 630 g/mol. The Bertz CT molecular complexity index is 1900. The molecular formula is C33H32F2N6O5. The number of ether oxygens (including phenoxy) is 1. The maximum absolute atomic E-state index is 15.1. The molecule has 2 aromatic heterocycles. The van der Waals surface area contributed by atoms with Crippen LogP contribution in [0.3, 0.4) is 0 Å². The van der Waals surface area contributed by atoms with Gasteiger partial charge in [-0.15, -0.1) is 0 Å². The van der Waals surface area contributed by atoms with Gasteiger partial charge in [-0.25, -0.2) is 23.1 Å². The van der Waals surface area contributed by atoms with E-state index in [0.717, 1.165) is 48.7 Å². The topological polar surface area (TPSA) is 128 Å². The molecule has 13 heteroatoms. The zero-order chi connectivity index (χ0) is 32.4. The van der Waals surface area contributed by atoms with Crippen molar-refractivity contribution in [1.82, 2.24) is 19.0 Å². The van der Waals surface area contributed by atoms with Gasteiger partial charge in [0.15, 0.2) is 11.6 Å². The van der Waals surface area contributed by atoms with E-state index >= 15 is 4.39 Å². The van der Waals surface area contributed by atoms with E-state index in [9.17, 15) is 23.6 Å². The summed E-state index contributed by atoms with van der Waals surface area (Å²) in [5.41, 5.74) is -1.70. The SMILES string of the molecule is CN1CCC(CC(=O)Nc2cc(Oc3ccc(NC(=O)c4cn(C5CC5)c(=O)n(-c5ccc(F)cc5)c4=O)cc3F)ccn2)CC1. The van der Waals surface area contributed by atoms with Crippen molar-refractivity contribution in [3.8, 4) is 17.2 Å². The Kier molecular flexibility index (Phi) is 8.75. The van der Waals surface area contributed by atoms with Gasteiger partial charge in [0.2, 0.25) is 5.91 Å². The Labute approximate surface area is 262 Å². The number of benzene rings is 2. The first kappa shape index (κ1) is 30.8. The fraction of sp³-hybridized carbons (Fsp3) is 0.303. The van der Waals surface area contributed by atoms with Gasteiger partial charge in [0.25, 0.3) is 11.5 Å². The zero-order valence-electron chi connectivity index (χ0n) is 25.0. The highest BCUT2D eigenvalue weighted by molar-refractivity contribution is 6.03. The number of carbonyl (C=O) groups excluding carboxylic acids is 2. The fourth-order valence-electron chi connectivity index (χ4n) is 5.41. The number of anilines is 2. The molecule has 2 aromatic carbocycles. The Hall–Kier alpha value is -5.17. The number of nitrogens with zero attached hydrogens (tertiary/aromatic N) is 4. The maximum Gasteiger partial charge on any atom is 0.335 e. The molecule has 2 N–H and O–H groups in total. The van der Waals surface area contributed by atoms with E-state index in [1.54, 1.807) is 0 Å². The molecule has 0 bridgehead atoms. The van der Waals surface area contributed by atoms with Gasteiger partial charge in [-0.2, -0.15) is 0 Å². The molecule has 0 radical (unpaired) electrons. The van der Waals surface area contributed by atoms with E-state index in [1.807, 2.05) is 0 Å². The number of piperidine rings is 1. The molecule has 2 amide bonds. The quantitative estimate of drug-likeness (QED) is 0.274. The molecule has 1 aliphatic heterocycles. The normalized spacial score (nSPS) is 15.4. The van der Waals surface area contributed by atoms with E-state index in [1.165, 1.54) is 53.4 Å². The summed E-state index contributed by atoms with van der Waals surface area (Å²) in [4.78, 5) is 58.6. The fourth-order valence-corrected chi connectivity index (χ4v) is 5.41.